The molecular formula is C9H13FO3. The summed E-state index contributed by atoms with van der Waals surface area (Å²) in [7, 11) is 0. The number of Topliss-reactive ketones (excluding diaryl/α,β-unsaturated/α-hetero) is 1. The first kappa shape index (κ1) is 11.8. The Morgan fingerprint density at radius 2 is 2.00 bits per heavy atom. The van der Waals surface area contributed by atoms with Crippen molar-refractivity contribution in [2.24, 2.45) is 0 Å². The lowest BCUT2D eigenvalue weighted by Crippen LogP contribution is -2.08. The molecule has 0 spiro atoms. The van der Waals surface area contributed by atoms with Crippen LogP contribution in [-0.2, 0) is 14.3 Å². The fourth-order valence-electron chi connectivity index (χ4n) is 0.586. The van der Waals surface area contributed by atoms with Crippen LogP contribution in [0.15, 0.2) is 11.6 Å². The number of ether oxygens (including phenoxy) is 1. The lowest BCUT2D eigenvalue weighted by Gasteiger charge is -1.99. The van der Waals surface area contributed by atoms with E-state index < -0.39 is 12.6 Å². The Morgan fingerprint density at radius 1 is 1.38 bits per heavy atom. The monoisotopic (exact) mass is 188 g/mol. The molecule has 0 unspecified atom stereocenters. The van der Waals surface area contributed by atoms with Crippen LogP contribution in [0.3, 0.4) is 0 Å². The van der Waals surface area contributed by atoms with E-state index >= 15 is 0 Å². The van der Waals surface area contributed by atoms with Crippen LogP contribution in [-0.4, -0.2) is 25.0 Å². The Labute approximate surface area is 76.6 Å². The standard InChI is InChI=1S/C9H13FO3/c1-7(6-10)3-4-13-9(12)5-8(2)11/h3H,4-6H2,1-2H3. The van der Waals surface area contributed by atoms with Gasteiger partial charge >= 0.3 is 5.97 Å². The maximum absolute atomic E-state index is 11.9. The lowest BCUT2D eigenvalue weighted by molar-refractivity contribution is -0.144. The summed E-state index contributed by atoms with van der Waals surface area (Å²) in [6, 6.07) is 0. The number of rotatable bonds is 5. The van der Waals surface area contributed by atoms with Gasteiger partial charge in [-0.3, -0.25) is 9.59 Å². The molecule has 3 nitrogen and oxygen atoms in total. The second-order valence-corrected chi connectivity index (χ2v) is 2.75. The van der Waals surface area contributed by atoms with Gasteiger partial charge in [-0.05, 0) is 25.5 Å². The van der Waals surface area contributed by atoms with Gasteiger partial charge in [0.2, 0.25) is 0 Å². The quantitative estimate of drug-likeness (QED) is 0.372. The van der Waals surface area contributed by atoms with Crippen LogP contribution in [0, 0.1) is 0 Å². The molecule has 4 heteroatoms. The summed E-state index contributed by atoms with van der Waals surface area (Å²) in [4.78, 5) is 21.2. The van der Waals surface area contributed by atoms with Crippen LogP contribution in [0.25, 0.3) is 0 Å². The summed E-state index contributed by atoms with van der Waals surface area (Å²) in [5, 5.41) is 0. The van der Waals surface area contributed by atoms with Gasteiger partial charge in [0.1, 0.15) is 25.5 Å². The normalized spacial score (nSPS) is 11.2. The average molecular weight is 188 g/mol. The molecule has 0 aliphatic rings. The van der Waals surface area contributed by atoms with Crippen molar-refractivity contribution in [3.05, 3.63) is 11.6 Å². The molecule has 0 aromatic heterocycles. The summed E-state index contributed by atoms with van der Waals surface area (Å²) >= 11 is 0. The summed E-state index contributed by atoms with van der Waals surface area (Å²) in [5.41, 5.74) is 0.510. The van der Waals surface area contributed by atoms with Gasteiger partial charge in [-0.15, -0.1) is 0 Å². The second-order valence-electron chi connectivity index (χ2n) is 2.75. The molecule has 74 valence electrons. The van der Waals surface area contributed by atoms with E-state index in [1.165, 1.54) is 13.0 Å². The number of esters is 1. The largest absolute Gasteiger partial charge is 0.461 e. The number of allylic oxidation sites excluding steroid dienone is 1. The minimum absolute atomic E-state index is 0.0296. The minimum atomic E-state index is -0.574. The highest BCUT2D eigenvalue weighted by atomic mass is 19.1. The molecule has 0 bridgehead atoms. The van der Waals surface area contributed by atoms with Gasteiger partial charge in [0, 0.05) is 0 Å². The summed E-state index contributed by atoms with van der Waals surface area (Å²) in [5.74, 6) is -0.813. The highest BCUT2D eigenvalue weighted by molar-refractivity contribution is 5.94. The molecule has 0 atom stereocenters. The Balaban J connectivity index is 3.65. The van der Waals surface area contributed by atoms with Crippen molar-refractivity contribution in [3.63, 3.8) is 0 Å². The first-order chi connectivity index (χ1) is 6.06. The fraction of sp³-hybridized carbons (Fsp3) is 0.556. The highest BCUT2D eigenvalue weighted by Crippen LogP contribution is 1.94. The molecule has 0 N–H and O–H groups in total. The molecule has 0 aliphatic heterocycles. The number of hydrogen-bond donors (Lipinski definition) is 0. The van der Waals surface area contributed by atoms with Crippen LogP contribution in [0.5, 0.6) is 0 Å². The van der Waals surface area contributed by atoms with Crippen molar-refractivity contribution in [2.45, 2.75) is 20.3 Å². The Morgan fingerprint density at radius 3 is 2.46 bits per heavy atom. The van der Waals surface area contributed by atoms with Crippen LogP contribution in [0.1, 0.15) is 20.3 Å². The SMILES string of the molecule is CC(=O)CC(=O)OCC=C(C)CF. The molecule has 13 heavy (non-hydrogen) atoms. The van der Waals surface area contributed by atoms with Gasteiger partial charge in [0.15, 0.2) is 0 Å². The molecule has 0 radical (unpaired) electrons. The van der Waals surface area contributed by atoms with Crippen molar-refractivity contribution in [3.8, 4) is 0 Å². The van der Waals surface area contributed by atoms with Crippen molar-refractivity contribution in [1.29, 1.82) is 0 Å². The van der Waals surface area contributed by atoms with Gasteiger partial charge in [0.05, 0.1) is 0 Å². The van der Waals surface area contributed by atoms with Gasteiger partial charge in [-0.25, -0.2) is 4.39 Å². The van der Waals surface area contributed by atoms with E-state index in [0.29, 0.717) is 5.57 Å². The zero-order chi connectivity index (χ0) is 10.3. The molecule has 0 heterocycles. The Bertz CT molecular complexity index is 221. The molecule has 0 fully saturated rings. The van der Waals surface area contributed by atoms with E-state index in [4.69, 9.17) is 0 Å². The highest BCUT2D eigenvalue weighted by Gasteiger charge is 2.04. The maximum Gasteiger partial charge on any atom is 0.313 e. The topological polar surface area (TPSA) is 43.4 Å². The second kappa shape index (κ2) is 6.34. The molecule has 0 aliphatic carbocycles. The third kappa shape index (κ3) is 7.18. The minimum Gasteiger partial charge on any atom is -0.461 e. The number of halogens is 1. The molecular weight excluding hydrogens is 175 g/mol. The molecule has 0 saturated carbocycles. The van der Waals surface area contributed by atoms with E-state index in [0.717, 1.165) is 0 Å². The van der Waals surface area contributed by atoms with Gasteiger partial charge in [0.25, 0.3) is 0 Å². The molecule has 0 rings (SSSR count). The van der Waals surface area contributed by atoms with Crippen LogP contribution >= 0.6 is 0 Å². The first-order valence-corrected chi connectivity index (χ1v) is 3.93. The Kier molecular flexibility index (Phi) is 5.76. The predicted molar refractivity (Wildman–Crippen MR) is 46.0 cm³/mol. The lowest BCUT2D eigenvalue weighted by atomic mass is 10.3. The maximum atomic E-state index is 11.9. The van der Waals surface area contributed by atoms with Crippen molar-refractivity contribution < 1.29 is 18.7 Å². The number of hydrogen-bond acceptors (Lipinski definition) is 3. The number of alkyl halides is 1. The van der Waals surface area contributed by atoms with E-state index in [-0.39, 0.29) is 18.8 Å². The third-order valence-electron chi connectivity index (χ3n) is 1.28. The summed E-state index contributed by atoms with van der Waals surface area (Å²) in [6.45, 7) is 2.38. The number of ketones is 1. The Hall–Kier alpha value is -1.19. The van der Waals surface area contributed by atoms with Gasteiger partial charge in [-0.1, -0.05) is 0 Å². The summed E-state index contributed by atoms with van der Waals surface area (Å²) in [6.07, 6.45) is 1.25. The van der Waals surface area contributed by atoms with E-state index in [1.54, 1.807) is 6.92 Å². The third-order valence-corrected chi connectivity index (χ3v) is 1.28. The van der Waals surface area contributed by atoms with Crippen molar-refractivity contribution in [1.82, 2.24) is 0 Å². The zero-order valence-corrected chi connectivity index (χ0v) is 7.80. The molecule has 0 amide bonds. The van der Waals surface area contributed by atoms with E-state index in [9.17, 15) is 14.0 Å². The number of carbonyl (C=O) groups is 2. The zero-order valence-electron chi connectivity index (χ0n) is 7.80. The van der Waals surface area contributed by atoms with Gasteiger partial charge < -0.3 is 4.74 Å². The van der Waals surface area contributed by atoms with Crippen LogP contribution in [0.2, 0.25) is 0 Å². The van der Waals surface area contributed by atoms with E-state index in [1.807, 2.05) is 0 Å². The smallest absolute Gasteiger partial charge is 0.313 e. The van der Waals surface area contributed by atoms with E-state index in [2.05, 4.69) is 4.74 Å². The molecule has 0 aromatic rings. The summed E-state index contributed by atoms with van der Waals surface area (Å²) < 4.78 is 16.5. The molecule has 0 aromatic carbocycles. The fourth-order valence-corrected chi connectivity index (χ4v) is 0.586. The average Bonchev–Trinajstić information content (AvgIpc) is 2.02. The predicted octanol–water partition coefficient (Wildman–Crippen LogP) is 1.42. The van der Waals surface area contributed by atoms with Crippen molar-refractivity contribution in [2.75, 3.05) is 13.3 Å². The van der Waals surface area contributed by atoms with Crippen LogP contribution < -0.4 is 0 Å². The van der Waals surface area contributed by atoms with Gasteiger partial charge in [-0.2, -0.15) is 0 Å². The van der Waals surface area contributed by atoms with Crippen LogP contribution in [0.4, 0.5) is 4.39 Å². The van der Waals surface area contributed by atoms with Crippen molar-refractivity contribution >= 4 is 11.8 Å². The number of carbonyl (C=O) groups excluding carboxylic acids is 2. The molecule has 0 saturated heterocycles. The first-order valence-electron chi connectivity index (χ1n) is 3.93.